The standard InChI is InChI=1S/C23H32N2O5S/c26-23(30-18-19-7-3-1-4-8-19)21-17-20(31(27,28)25-13-15-29-16-14-25)9-10-22(21)24-11-5-2-6-12-24/h1,3,9-10,17,19H,2,4-8,11-16,18H2. The van der Waals surface area contributed by atoms with Gasteiger partial charge in [0.2, 0.25) is 10.0 Å². The molecular weight excluding hydrogens is 416 g/mol. The molecule has 3 aliphatic rings. The highest BCUT2D eigenvalue weighted by Gasteiger charge is 2.29. The molecule has 2 fully saturated rings. The lowest BCUT2D eigenvalue weighted by Crippen LogP contribution is -2.40. The average molecular weight is 449 g/mol. The van der Waals surface area contributed by atoms with E-state index in [9.17, 15) is 13.2 Å². The van der Waals surface area contributed by atoms with Crippen LogP contribution in [-0.4, -0.2) is 64.7 Å². The molecule has 2 saturated heterocycles. The van der Waals surface area contributed by atoms with Gasteiger partial charge in [0.15, 0.2) is 0 Å². The molecule has 8 heteroatoms. The van der Waals surface area contributed by atoms with Crippen molar-refractivity contribution >= 4 is 21.7 Å². The van der Waals surface area contributed by atoms with Crippen LogP contribution >= 0.6 is 0 Å². The lowest BCUT2D eigenvalue weighted by Gasteiger charge is -2.31. The predicted molar refractivity (Wildman–Crippen MR) is 119 cm³/mol. The Bertz CT molecular complexity index is 903. The summed E-state index contributed by atoms with van der Waals surface area (Å²) in [6.45, 7) is 3.51. The van der Waals surface area contributed by atoms with Gasteiger partial charge in [-0.05, 0) is 62.6 Å². The third-order valence-electron chi connectivity index (χ3n) is 6.32. The highest BCUT2D eigenvalue weighted by Crippen LogP contribution is 2.29. The minimum atomic E-state index is -3.68. The van der Waals surface area contributed by atoms with Gasteiger partial charge in [-0.3, -0.25) is 0 Å². The van der Waals surface area contributed by atoms with Gasteiger partial charge in [-0.2, -0.15) is 4.31 Å². The SMILES string of the molecule is O=C(OCC1CC=CCC1)c1cc(S(=O)(=O)N2CCOCC2)ccc1N1CCCCC1. The Balaban J connectivity index is 1.59. The Labute approximate surface area is 185 Å². The fourth-order valence-electron chi connectivity index (χ4n) is 4.46. The van der Waals surface area contributed by atoms with Crippen LogP contribution in [0.5, 0.6) is 0 Å². The first-order valence-corrected chi connectivity index (χ1v) is 12.8. The molecule has 1 aromatic carbocycles. The predicted octanol–water partition coefficient (Wildman–Crippen LogP) is 3.21. The summed E-state index contributed by atoms with van der Waals surface area (Å²) in [6, 6.07) is 4.91. The Morgan fingerprint density at radius 1 is 1.06 bits per heavy atom. The molecule has 1 aromatic rings. The number of carbonyl (C=O) groups is 1. The van der Waals surface area contributed by atoms with Crippen LogP contribution in [0, 0.1) is 5.92 Å². The molecule has 1 atom stereocenters. The number of benzene rings is 1. The summed E-state index contributed by atoms with van der Waals surface area (Å²) in [5, 5.41) is 0. The molecule has 0 N–H and O–H groups in total. The van der Waals surface area contributed by atoms with E-state index in [1.165, 1.54) is 16.8 Å². The molecule has 7 nitrogen and oxygen atoms in total. The van der Waals surface area contributed by atoms with Crippen molar-refractivity contribution in [1.82, 2.24) is 4.31 Å². The van der Waals surface area contributed by atoms with Gasteiger partial charge in [-0.15, -0.1) is 0 Å². The molecular formula is C23H32N2O5S. The molecule has 0 aromatic heterocycles. The van der Waals surface area contributed by atoms with E-state index in [-0.39, 0.29) is 4.90 Å². The molecule has 0 bridgehead atoms. The van der Waals surface area contributed by atoms with Gasteiger partial charge in [-0.25, -0.2) is 13.2 Å². The van der Waals surface area contributed by atoms with Crippen LogP contribution in [0.25, 0.3) is 0 Å². The first-order valence-electron chi connectivity index (χ1n) is 11.3. The van der Waals surface area contributed by atoms with Crippen LogP contribution in [0.3, 0.4) is 0 Å². The number of hydrogen-bond acceptors (Lipinski definition) is 6. The number of sulfonamides is 1. The molecule has 2 aliphatic heterocycles. The van der Waals surface area contributed by atoms with Crippen molar-refractivity contribution in [3.8, 4) is 0 Å². The van der Waals surface area contributed by atoms with E-state index in [0.717, 1.165) is 50.9 Å². The summed E-state index contributed by atoms with van der Waals surface area (Å²) in [5.41, 5.74) is 1.12. The van der Waals surface area contributed by atoms with E-state index < -0.39 is 16.0 Å². The van der Waals surface area contributed by atoms with Crippen LogP contribution in [0.15, 0.2) is 35.2 Å². The first kappa shape index (κ1) is 22.3. The minimum absolute atomic E-state index is 0.141. The smallest absolute Gasteiger partial charge is 0.340 e. The van der Waals surface area contributed by atoms with Gasteiger partial charge in [-0.1, -0.05) is 12.2 Å². The van der Waals surface area contributed by atoms with Gasteiger partial charge >= 0.3 is 5.97 Å². The number of hydrogen-bond donors (Lipinski definition) is 0. The number of carbonyl (C=O) groups excluding carboxylic acids is 1. The fraction of sp³-hybridized carbons (Fsp3) is 0.609. The molecule has 0 amide bonds. The monoisotopic (exact) mass is 448 g/mol. The van der Waals surface area contributed by atoms with E-state index in [1.807, 2.05) is 0 Å². The average Bonchev–Trinajstić information content (AvgIpc) is 2.84. The lowest BCUT2D eigenvalue weighted by atomic mass is 9.95. The topological polar surface area (TPSA) is 76.2 Å². The Hall–Kier alpha value is -1.90. The van der Waals surface area contributed by atoms with Gasteiger partial charge in [0.1, 0.15) is 0 Å². The number of rotatable bonds is 6. The second kappa shape index (κ2) is 10.1. The Morgan fingerprint density at radius 2 is 1.84 bits per heavy atom. The highest BCUT2D eigenvalue weighted by molar-refractivity contribution is 7.89. The quantitative estimate of drug-likeness (QED) is 0.491. The Kier molecular flexibility index (Phi) is 7.30. The zero-order valence-corrected chi connectivity index (χ0v) is 18.8. The largest absolute Gasteiger partial charge is 0.462 e. The lowest BCUT2D eigenvalue weighted by molar-refractivity contribution is 0.0432. The molecule has 1 unspecified atom stereocenters. The van der Waals surface area contributed by atoms with E-state index >= 15 is 0 Å². The normalized spacial score (nSPS) is 23.0. The van der Waals surface area contributed by atoms with Crippen LogP contribution in [-0.2, 0) is 19.5 Å². The zero-order chi connectivity index (χ0) is 21.7. The summed E-state index contributed by atoms with van der Waals surface area (Å²) in [4.78, 5) is 15.4. The van der Waals surface area contributed by atoms with Crippen LogP contribution in [0.4, 0.5) is 5.69 Å². The van der Waals surface area contributed by atoms with Crippen LogP contribution < -0.4 is 4.90 Å². The second-order valence-corrected chi connectivity index (χ2v) is 10.4. The van der Waals surface area contributed by atoms with Gasteiger partial charge in [0.25, 0.3) is 0 Å². The molecule has 0 spiro atoms. The third kappa shape index (κ3) is 5.30. The van der Waals surface area contributed by atoms with Gasteiger partial charge < -0.3 is 14.4 Å². The van der Waals surface area contributed by atoms with Gasteiger partial charge in [0, 0.05) is 26.2 Å². The maximum Gasteiger partial charge on any atom is 0.340 e. The summed E-state index contributed by atoms with van der Waals surface area (Å²) >= 11 is 0. The minimum Gasteiger partial charge on any atom is -0.462 e. The van der Waals surface area contributed by atoms with Gasteiger partial charge in [0.05, 0.1) is 36.0 Å². The number of morpholine rings is 1. The number of piperidine rings is 1. The van der Waals surface area contributed by atoms with E-state index in [1.54, 1.807) is 12.1 Å². The number of allylic oxidation sites excluding steroid dienone is 2. The number of nitrogens with zero attached hydrogens (tertiary/aromatic N) is 2. The van der Waals surface area contributed by atoms with Crippen molar-refractivity contribution in [1.29, 1.82) is 0 Å². The van der Waals surface area contributed by atoms with Crippen molar-refractivity contribution < 1.29 is 22.7 Å². The number of esters is 1. The maximum atomic E-state index is 13.2. The third-order valence-corrected chi connectivity index (χ3v) is 8.21. The maximum absolute atomic E-state index is 13.2. The van der Waals surface area contributed by atoms with E-state index in [4.69, 9.17) is 9.47 Å². The van der Waals surface area contributed by atoms with E-state index in [2.05, 4.69) is 17.1 Å². The van der Waals surface area contributed by atoms with Crippen LogP contribution in [0.1, 0.15) is 48.9 Å². The fourth-order valence-corrected chi connectivity index (χ4v) is 5.90. The molecule has 0 saturated carbocycles. The molecule has 1 aliphatic carbocycles. The van der Waals surface area contributed by atoms with Crippen molar-refractivity contribution in [2.75, 3.05) is 50.9 Å². The van der Waals surface area contributed by atoms with Crippen LogP contribution in [0.2, 0.25) is 0 Å². The second-order valence-electron chi connectivity index (χ2n) is 8.49. The molecule has 0 radical (unpaired) electrons. The van der Waals surface area contributed by atoms with E-state index in [0.29, 0.717) is 44.4 Å². The van der Waals surface area contributed by atoms with Crippen molar-refractivity contribution in [3.05, 3.63) is 35.9 Å². The van der Waals surface area contributed by atoms with Crippen molar-refractivity contribution in [2.45, 2.75) is 43.4 Å². The Morgan fingerprint density at radius 3 is 2.55 bits per heavy atom. The molecule has 2 heterocycles. The summed E-state index contributed by atoms with van der Waals surface area (Å²) < 4.78 is 38.7. The summed E-state index contributed by atoms with van der Waals surface area (Å²) in [7, 11) is -3.68. The summed E-state index contributed by atoms with van der Waals surface area (Å²) in [5.74, 6) is -0.109. The van der Waals surface area contributed by atoms with Crippen molar-refractivity contribution in [2.24, 2.45) is 5.92 Å². The highest BCUT2D eigenvalue weighted by atomic mass is 32.2. The van der Waals surface area contributed by atoms with Crippen molar-refractivity contribution in [3.63, 3.8) is 0 Å². The zero-order valence-electron chi connectivity index (χ0n) is 18.0. The molecule has 170 valence electrons. The molecule has 4 rings (SSSR count). The number of ether oxygens (including phenoxy) is 2. The summed E-state index contributed by atoms with van der Waals surface area (Å²) in [6.07, 6.45) is 10.5. The molecule has 31 heavy (non-hydrogen) atoms. The number of anilines is 1. The first-order chi connectivity index (χ1) is 15.1.